The van der Waals surface area contributed by atoms with Crippen LogP contribution in [-0.4, -0.2) is 115 Å². The van der Waals surface area contributed by atoms with Crippen LogP contribution in [0.5, 0.6) is 0 Å². The second kappa shape index (κ2) is 43.0. The number of esters is 4. The fourth-order valence-corrected chi connectivity index (χ4v) is 19.4. The van der Waals surface area contributed by atoms with Gasteiger partial charge in [0.15, 0.2) is 5.78 Å². The predicted octanol–water partition coefficient (Wildman–Crippen LogP) is 24.6. The number of aromatic carboxylic acids is 1. The van der Waals surface area contributed by atoms with Crippen LogP contribution in [0.4, 0.5) is 0 Å². The molecule has 4 aromatic heterocycles. The van der Waals surface area contributed by atoms with Crippen LogP contribution in [0.1, 0.15) is 121 Å². The Kier molecular flexibility index (Phi) is 31.0. The van der Waals surface area contributed by atoms with Crippen LogP contribution in [0.25, 0.3) is 88.1 Å². The highest BCUT2D eigenvalue weighted by molar-refractivity contribution is 9.08. The number of ketones is 1. The van der Waals surface area contributed by atoms with Crippen molar-refractivity contribution in [1.82, 2.24) is 39.5 Å². The Morgan fingerprint density at radius 2 is 0.710 bits per heavy atom. The smallest absolute Gasteiger partial charge is 0.340 e. The van der Waals surface area contributed by atoms with Gasteiger partial charge < -0.3 is 29.8 Å². The van der Waals surface area contributed by atoms with Gasteiger partial charge in [0.05, 0.1) is 123 Å². The number of halogens is 6. The number of fused-ring (bicyclic) bond motifs is 4. The van der Waals surface area contributed by atoms with Crippen molar-refractivity contribution < 1.29 is 52.8 Å². The average Bonchev–Trinajstić information content (AvgIpc) is 1.44. The van der Waals surface area contributed by atoms with E-state index in [4.69, 9.17) is 61.6 Å². The topological polar surface area (TPSA) is 268 Å². The van der Waals surface area contributed by atoms with E-state index in [0.29, 0.717) is 91.2 Å². The van der Waals surface area contributed by atoms with Gasteiger partial charge in [0.1, 0.15) is 0 Å². The molecule has 2 spiro atoms. The molecule has 4 aliphatic rings. The number of carboxylic acid groups (broad SMARTS) is 1. The summed E-state index contributed by atoms with van der Waals surface area (Å²) in [6.07, 6.45) is 15.3. The van der Waals surface area contributed by atoms with Crippen molar-refractivity contribution in [2.45, 2.75) is 88.8 Å². The zero-order chi connectivity index (χ0) is 91.2. The maximum Gasteiger partial charge on any atom is 0.340 e. The lowest BCUT2D eigenvalue weighted by Crippen LogP contribution is -2.54. The van der Waals surface area contributed by atoms with Gasteiger partial charge in [0.25, 0.3) is 0 Å². The van der Waals surface area contributed by atoms with Crippen LogP contribution < -0.4 is 5.73 Å². The fraction of sp³-hybridized carbons (Fsp3) is 0.219. The minimum atomic E-state index is -1.02. The highest BCUT2D eigenvalue weighted by Crippen LogP contribution is 2.62. The molecule has 4 fully saturated rings. The number of hydrogen-bond donors (Lipinski definition) is 3. The molecule has 20 rings (SSSR count). The lowest BCUT2D eigenvalue weighted by Gasteiger charge is -2.57. The second-order valence-electron chi connectivity index (χ2n) is 33.4. The number of hydrogen-bond acceptors (Lipinski definition) is 15. The number of methoxy groups -OCH3 is 4. The predicted molar refractivity (Wildman–Crippen MR) is 523 cm³/mol. The summed E-state index contributed by atoms with van der Waals surface area (Å²) >= 11 is 27.8. The molecule has 0 unspecified atom stereocenters. The molecule has 0 amide bonds. The summed E-state index contributed by atoms with van der Waals surface area (Å²) < 4.78 is 24.5. The third-order valence-corrected chi connectivity index (χ3v) is 26.0. The van der Waals surface area contributed by atoms with E-state index in [1.165, 1.54) is 67.9 Å². The zero-order valence-electron chi connectivity index (χ0n) is 72.3. The first kappa shape index (κ1) is 94.5. The molecule has 0 atom stereocenters. The molecule has 668 valence electrons. The number of carbonyl (C=O) groups excluding carboxylic acids is 5. The highest BCUT2D eigenvalue weighted by Gasteiger charge is 2.56. The van der Waals surface area contributed by atoms with Crippen molar-refractivity contribution in [1.29, 1.82) is 0 Å². The second-order valence-corrected chi connectivity index (χ2v) is 35.7. The van der Waals surface area contributed by atoms with E-state index < -0.39 is 17.9 Å². The third kappa shape index (κ3) is 22.7. The largest absolute Gasteiger partial charge is 0.478 e. The van der Waals surface area contributed by atoms with E-state index in [0.717, 1.165) is 123 Å². The summed E-state index contributed by atoms with van der Waals surface area (Å²) in [6, 6.07) is 88.6. The lowest BCUT2D eigenvalue weighted by atomic mass is 9.47. The standard InChI is InChI=1S/C31H29ClN2O3.C22H17ClN2O2.C21H15ClN2O2.C13H11Br.C9H7ClN2O2.C9H15NO2.ClH/c1-37-30(36)25-16-31(17-25)14-21(15-31)11-28(35)27-13-26(32)12-24-18-33-34(29(24)27)19-20-7-9-23(10-8-20)22-5-3-2-4-6-22;1-27-22(26)20-12-19(23)11-18-13-24-25(21(18)20)14-15-7-9-17(10-8-15)16-5-3-2-4-6-16;22-18-10-17-12-23-24(20(17)19(11-18)21(25)26)13-14-6-8-16(9-7-14)15-4-2-1-3-5-15;14-10-11-6-8-13(9-7-11)12-4-2-1-3-5-12;1-14-9(13)7-3-6(10)2-5-4-11-12-8(5)7;1-12-8(11)6-2-9(3-6)4-7(10)5-9;/h2-10,12-13,18,21,25H,11,14-17,19H2,1H3;2-13H,14H2,1H3;1-12H,13H2,(H,25,26);1-9H,10H2;2-4H,1H3,(H,11,12);6-7H,2-5,10H2,1H3;1H. The van der Waals surface area contributed by atoms with Crippen molar-refractivity contribution in [2.75, 3.05) is 28.4 Å². The average molecular weight is 1920 g/mol. The number of alkyl halides is 1. The number of nitrogens with one attached hydrogen (secondary N) is 1. The van der Waals surface area contributed by atoms with E-state index >= 15 is 0 Å². The summed E-state index contributed by atoms with van der Waals surface area (Å²) in [5.41, 5.74) is 24.8. The van der Waals surface area contributed by atoms with Crippen LogP contribution in [0.3, 0.4) is 0 Å². The van der Waals surface area contributed by atoms with Gasteiger partial charge in [-0.25, -0.2) is 14.4 Å². The Morgan fingerprint density at radius 3 is 1.06 bits per heavy atom. The first-order valence-corrected chi connectivity index (χ1v) is 45.2. The molecule has 4 saturated carbocycles. The molecule has 131 heavy (non-hydrogen) atoms. The van der Waals surface area contributed by atoms with E-state index in [2.05, 4.69) is 196 Å². The van der Waals surface area contributed by atoms with Crippen molar-refractivity contribution >= 4 is 154 Å². The van der Waals surface area contributed by atoms with Crippen molar-refractivity contribution in [3.8, 4) is 44.5 Å². The molecule has 0 bridgehead atoms. The molecule has 26 heteroatoms. The summed E-state index contributed by atoms with van der Waals surface area (Å²) in [5.74, 6) is -1.35. The Bertz CT molecular complexity index is 6700. The highest BCUT2D eigenvalue weighted by atomic mass is 79.9. The molecule has 4 heterocycles. The number of nitrogens with two attached hydrogens (primary N) is 1. The van der Waals surface area contributed by atoms with Gasteiger partial charge in [-0.1, -0.05) is 281 Å². The van der Waals surface area contributed by atoms with E-state index in [1.54, 1.807) is 70.5 Å². The zero-order valence-corrected chi connectivity index (χ0v) is 77.7. The van der Waals surface area contributed by atoms with Gasteiger partial charge in [-0.3, -0.25) is 33.5 Å². The van der Waals surface area contributed by atoms with Gasteiger partial charge in [-0.15, -0.1) is 12.4 Å². The number of carbonyl (C=O) groups is 6. The van der Waals surface area contributed by atoms with Crippen molar-refractivity contribution in [3.63, 3.8) is 0 Å². The third-order valence-electron chi connectivity index (χ3n) is 24.4. The molecule has 12 aromatic carbocycles. The van der Waals surface area contributed by atoms with Crippen LogP contribution in [0, 0.1) is 28.6 Å². The van der Waals surface area contributed by atoms with Crippen LogP contribution in [0.15, 0.2) is 292 Å². The van der Waals surface area contributed by atoms with Crippen LogP contribution in [-0.2, 0) is 53.5 Å². The van der Waals surface area contributed by atoms with E-state index in [1.807, 2.05) is 83.5 Å². The molecule has 20 nitrogen and oxygen atoms in total. The number of nitrogens with zero attached hydrogens (tertiary/aromatic N) is 7. The molecule has 0 aliphatic heterocycles. The molecule has 0 saturated heterocycles. The number of Topliss-reactive ketones (excluding diaryl/α,β-unsaturated/α-hetero) is 1. The normalized spacial score (nSPS) is 17.1. The minimum absolute atomic E-state index is 0. The number of carboxylic acids is 1. The molecule has 4 aliphatic carbocycles. The van der Waals surface area contributed by atoms with Crippen molar-refractivity contribution in [3.05, 3.63) is 356 Å². The molecule has 4 N–H and O–H groups in total. The SMILES string of the molecule is BrCc1ccc(-c2ccccc2)cc1.COC(=O)C1CC2(CC(CC(=O)c3cc(Cl)cc4cnn(Cc5ccc(-c6ccccc6)cc5)c34)C2)C1.COC(=O)C1CC2(CC(N)C2)C1.COC(=O)c1cc(Cl)cc2cn[nH]c12.COC(=O)c1cc(Cl)cc2cnn(Cc3ccc(-c4ccccc4)cc3)c12.Cl.O=C(O)c1cc(Cl)cc2cnn(Cc3ccc(-c4ccccc4)cc3)c12. The van der Waals surface area contributed by atoms with Crippen LogP contribution in [0.2, 0.25) is 20.1 Å². The Morgan fingerprint density at radius 1 is 0.397 bits per heavy atom. The first-order valence-electron chi connectivity index (χ1n) is 42.5. The van der Waals surface area contributed by atoms with Gasteiger partial charge in [-0.2, -0.15) is 20.4 Å². The molecule has 0 radical (unpaired) electrons. The van der Waals surface area contributed by atoms with Gasteiger partial charge >= 0.3 is 29.8 Å². The maximum absolute atomic E-state index is 13.5. The maximum atomic E-state index is 13.5. The lowest BCUT2D eigenvalue weighted by molar-refractivity contribution is -0.161. The fourth-order valence-electron chi connectivity index (χ4n) is 18.2. The van der Waals surface area contributed by atoms with Gasteiger partial charge in [-0.05, 0) is 183 Å². The van der Waals surface area contributed by atoms with Crippen LogP contribution >= 0.6 is 74.7 Å². The number of aromatic nitrogens is 8. The molecular formula is C105H95BrCl5N9O11. The number of ether oxygens (including phenoxy) is 4. The summed E-state index contributed by atoms with van der Waals surface area (Å²) in [6.45, 7) is 1.60. The van der Waals surface area contributed by atoms with Crippen molar-refractivity contribution in [2.24, 2.45) is 34.3 Å². The number of H-pyrrole nitrogens is 1. The van der Waals surface area contributed by atoms with Gasteiger partial charge in [0, 0.05) is 65.0 Å². The van der Waals surface area contributed by atoms with E-state index in [9.17, 15) is 33.9 Å². The minimum Gasteiger partial charge on any atom is -0.478 e. The molecule has 16 aromatic rings. The summed E-state index contributed by atoms with van der Waals surface area (Å²) in [4.78, 5) is 71.4. The Balaban J connectivity index is 0.000000132. The Labute approximate surface area is 792 Å². The summed E-state index contributed by atoms with van der Waals surface area (Å²) in [5, 5.41) is 35.4. The number of rotatable bonds is 19. The quantitative estimate of drug-likeness (QED) is 0.0294. The first-order chi connectivity index (χ1) is 63.0. The monoisotopic (exact) mass is 1910 g/mol. The van der Waals surface area contributed by atoms with E-state index in [-0.39, 0.29) is 52.9 Å². The number of aromatic amines is 1. The van der Waals surface area contributed by atoms with Gasteiger partial charge in [0.2, 0.25) is 0 Å². The number of benzene rings is 12. The Hall–Kier alpha value is -12.6. The molecular weight excluding hydrogens is 1820 g/mol. The summed E-state index contributed by atoms with van der Waals surface area (Å²) in [7, 11) is 5.59.